The summed E-state index contributed by atoms with van der Waals surface area (Å²) < 4.78 is 9.36. The van der Waals surface area contributed by atoms with Gasteiger partial charge in [0.2, 0.25) is 0 Å². The molecule has 106 valence electrons. The third-order valence-corrected chi connectivity index (χ3v) is 3.45. The number of carbonyl (C=O) groups excluding carboxylic acids is 2. The van der Waals surface area contributed by atoms with Crippen molar-refractivity contribution >= 4 is 23.7 Å². The summed E-state index contributed by atoms with van der Waals surface area (Å²) in [5.74, 6) is 1.01. The van der Waals surface area contributed by atoms with E-state index in [-0.39, 0.29) is 11.9 Å². The average molecular weight is 277 g/mol. The van der Waals surface area contributed by atoms with E-state index in [0.717, 1.165) is 25.0 Å². The highest BCUT2D eigenvalue weighted by atomic mass is 32.2. The van der Waals surface area contributed by atoms with Gasteiger partial charge in [0.1, 0.15) is 6.04 Å². The van der Waals surface area contributed by atoms with Crippen molar-refractivity contribution in [3.63, 3.8) is 0 Å². The number of unbranched alkanes of at least 4 members (excludes halogenated alkanes) is 2. The standard InChI is InChI=1S/C12H23NO4S/c1-3-17-11(14)7-5-4-6-8-18-9-10(13)12(15)16-2/h10H,3-9,13H2,1-2H3. The Bertz CT molecular complexity index is 248. The molecule has 6 heteroatoms. The van der Waals surface area contributed by atoms with Crippen molar-refractivity contribution in [3.05, 3.63) is 0 Å². The van der Waals surface area contributed by atoms with Crippen LogP contribution in [0.15, 0.2) is 0 Å². The molecule has 18 heavy (non-hydrogen) atoms. The Labute approximate surface area is 113 Å². The molecule has 5 nitrogen and oxygen atoms in total. The molecule has 0 radical (unpaired) electrons. The molecular weight excluding hydrogens is 254 g/mol. The summed E-state index contributed by atoms with van der Waals surface area (Å²) in [7, 11) is 1.34. The van der Waals surface area contributed by atoms with Gasteiger partial charge in [0.25, 0.3) is 0 Å². The molecule has 0 aliphatic carbocycles. The maximum absolute atomic E-state index is 11.0. The fourth-order valence-electron chi connectivity index (χ4n) is 1.31. The third-order valence-electron chi connectivity index (χ3n) is 2.28. The molecule has 0 aliphatic heterocycles. The molecule has 1 unspecified atom stereocenters. The van der Waals surface area contributed by atoms with E-state index in [1.807, 2.05) is 0 Å². The predicted octanol–water partition coefficient (Wildman–Crippen LogP) is 1.34. The molecule has 0 aromatic heterocycles. The summed E-state index contributed by atoms with van der Waals surface area (Å²) in [6.45, 7) is 2.25. The van der Waals surface area contributed by atoms with Crippen LogP contribution in [0.2, 0.25) is 0 Å². The van der Waals surface area contributed by atoms with Crippen LogP contribution in [0.3, 0.4) is 0 Å². The minimum atomic E-state index is -0.542. The number of esters is 2. The minimum Gasteiger partial charge on any atom is -0.468 e. The Kier molecular flexibility index (Phi) is 10.9. The zero-order valence-electron chi connectivity index (χ0n) is 11.1. The molecule has 0 rings (SSSR count). The lowest BCUT2D eigenvalue weighted by atomic mass is 10.2. The maximum atomic E-state index is 11.0. The SMILES string of the molecule is CCOC(=O)CCCCCSCC(N)C(=O)OC. The van der Waals surface area contributed by atoms with Crippen molar-refractivity contribution in [2.75, 3.05) is 25.2 Å². The number of rotatable bonds is 10. The molecule has 0 spiro atoms. The molecule has 0 aromatic carbocycles. The Morgan fingerprint density at radius 1 is 1.28 bits per heavy atom. The van der Waals surface area contributed by atoms with Crippen LogP contribution in [0.1, 0.15) is 32.6 Å². The van der Waals surface area contributed by atoms with Crippen LogP contribution in [-0.4, -0.2) is 43.2 Å². The number of nitrogens with two attached hydrogens (primary N) is 1. The topological polar surface area (TPSA) is 78.6 Å². The van der Waals surface area contributed by atoms with E-state index in [2.05, 4.69) is 4.74 Å². The summed E-state index contributed by atoms with van der Waals surface area (Å²) in [4.78, 5) is 22.0. The van der Waals surface area contributed by atoms with Gasteiger partial charge in [-0.25, -0.2) is 0 Å². The number of hydrogen-bond donors (Lipinski definition) is 1. The van der Waals surface area contributed by atoms with Crippen LogP contribution in [0, 0.1) is 0 Å². The lowest BCUT2D eigenvalue weighted by Crippen LogP contribution is -2.33. The van der Waals surface area contributed by atoms with Crippen molar-refractivity contribution in [1.29, 1.82) is 0 Å². The van der Waals surface area contributed by atoms with E-state index in [9.17, 15) is 9.59 Å². The van der Waals surface area contributed by atoms with Crippen LogP contribution in [0.5, 0.6) is 0 Å². The zero-order chi connectivity index (χ0) is 13.8. The molecule has 0 fully saturated rings. The van der Waals surface area contributed by atoms with Gasteiger partial charge < -0.3 is 15.2 Å². The number of methoxy groups -OCH3 is 1. The molecule has 0 aromatic rings. The molecule has 0 saturated heterocycles. The van der Waals surface area contributed by atoms with Crippen molar-refractivity contribution < 1.29 is 19.1 Å². The van der Waals surface area contributed by atoms with Crippen molar-refractivity contribution in [2.45, 2.75) is 38.6 Å². The van der Waals surface area contributed by atoms with Crippen LogP contribution in [-0.2, 0) is 19.1 Å². The molecule has 0 heterocycles. The molecule has 0 aliphatic rings. The number of carbonyl (C=O) groups is 2. The second-order valence-electron chi connectivity index (χ2n) is 3.82. The first-order valence-electron chi connectivity index (χ1n) is 6.18. The monoisotopic (exact) mass is 277 g/mol. The Hall–Kier alpha value is -0.750. The minimum absolute atomic E-state index is 0.127. The highest BCUT2D eigenvalue weighted by molar-refractivity contribution is 7.99. The largest absolute Gasteiger partial charge is 0.468 e. The third kappa shape index (κ3) is 9.30. The van der Waals surface area contributed by atoms with E-state index >= 15 is 0 Å². The summed E-state index contributed by atoms with van der Waals surface area (Å²) >= 11 is 1.63. The molecule has 0 bridgehead atoms. The Morgan fingerprint density at radius 3 is 2.61 bits per heavy atom. The van der Waals surface area contributed by atoms with Gasteiger partial charge in [0.15, 0.2) is 0 Å². The van der Waals surface area contributed by atoms with Gasteiger partial charge in [0.05, 0.1) is 13.7 Å². The smallest absolute Gasteiger partial charge is 0.323 e. The summed E-state index contributed by atoms with van der Waals surface area (Å²) in [5.41, 5.74) is 5.59. The van der Waals surface area contributed by atoms with Gasteiger partial charge in [-0.15, -0.1) is 0 Å². The van der Waals surface area contributed by atoms with E-state index < -0.39 is 6.04 Å². The normalized spacial score (nSPS) is 11.9. The fourth-order valence-corrected chi connectivity index (χ4v) is 2.28. The van der Waals surface area contributed by atoms with E-state index in [1.54, 1.807) is 18.7 Å². The van der Waals surface area contributed by atoms with Crippen molar-refractivity contribution in [1.82, 2.24) is 0 Å². The first-order valence-corrected chi connectivity index (χ1v) is 7.34. The molecular formula is C12H23NO4S. The number of ether oxygens (including phenoxy) is 2. The molecule has 0 amide bonds. The summed E-state index contributed by atoms with van der Waals surface area (Å²) in [6, 6.07) is -0.542. The second kappa shape index (κ2) is 11.3. The Balaban J connectivity index is 3.31. The number of thioether (sulfide) groups is 1. The van der Waals surface area contributed by atoms with Crippen molar-refractivity contribution in [3.8, 4) is 0 Å². The van der Waals surface area contributed by atoms with E-state index in [4.69, 9.17) is 10.5 Å². The van der Waals surface area contributed by atoms with Gasteiger partial charge in [-0.3, -0.25) is 9.59 Å². The second-order valence-corrected chi connectivity index (χ2v) is 4.97. The van der Waals surface area contributed by atoms with Gasteiger partial charge in [-0.05, 0) is 25.5 Å². The van der Waals surface area contributed by atoms with E-state index in [0.29, 0.717) is 18.8 Å². The van der Waals surface area contributed by atoms with Crippen LogP contribution in [0.4, 0.5) is 0 Å². The Morgan fingerprint density at radius 2 is 2.00 bits per heavy atom. The molecule has 0 saturated carbocycles. The molecule has 1 atom stereocenters. The lowest BCUT2D eigenvalue weighted by molar-refractivity contribution is -0.143. The van der Waals surface area contributed by atoms with E-state index in [1.165, 1.54) is 7.11 Å². The fraction of sp³-hybridized carbons (Fsp3) is 0.833. The highest BCUT2D eigenvalue weighted by Crippen LogP contribution is 2.09. The van der Waals surface area contributed by atoms with Gasteiger partial charge >= 0.3 is 11.9 Å². The van der Waals surface area contributed by atoms with Gasteiger partial charge in [-0.1, -0.05) is 6.42 Å². The van der Waals surface area contributed by atoms with Gasteiger partial charge in [-0.2, -0.15) is 11.8 Å². The average Bonchev–Trinajstić information content (AvgIpc) is 2.36. The van der Waals surface area contributed by atoms with Crippen LogP contribution >= 0.6 is 11.8 Å². The maximum Gasteiger partial charge on any atom is 0.323 e. The van der Waals surface area contributed by atoms with Crippen molar-refractivity contribution in [2.24, 2.45) is 5.73 Å². The lowest BCUT2D eigenvalue weighted by Gasteiger charge is -2.08. The quantitative estimate of drug-likeness (QED) is 0.479. The van der Waals surface area contributed by atoms with Gasteiger partial charge in [0, 0.05) is 12.2 Å². The first-order chi connectivity index (χ1) is 8.61. The first kappa shape index (κ1) is 17.2. The zero-order valence-corrected chi connectivity index (χ0v) is 12.0. The highest BCUT2D eigenvalue weighted by Gasteiger charge is 2.12. The van der Waals surface area contributed by atoms with Crippen LogP contribution < -0.4 is 5.73 Å². The predicted molar refractivity (Wildman–Crippen MR) is 72.4 cm³/mol. The molecule has 2 N–H and O–H groups in total. The summed E-state index contributed by atoms with van der Waals surface area (Å²) in [5, 5.41) is 0. The van der Waals surface area contributed by atoms with Crippen LogP contribution in [0.25, 0.3) is 0 Å². The number of hydrogen-bond acceptors (Lipinski definition) is 6. The summed E-state index contributed by atoms with van der Waals surface area (Å²) in [6.07, 6.45) is 3.33.